The molecule has 4 heterocycles. The summed E-state index contributed by atoms with van der Waals surface area (Å²) in [7, 11) is 8.11. The standard InChI is InChI=1S/C41H49ClN6O5.CH4O.CH2O/c1-25-19-34(45-41(52-5)32(25)23-47(2)26-11-7-6-8-12-26)29-15-9-14-28(39(29)42)27-13-10-16-35-30(27)22-44-48(35)38-20-37(50-3)31(40(46-38)51-4)21-43-33-17-18-53-24-36(33)49;2*1-2/h9-10,13-16,19-20,22,26,33,36,43,49H,6-8,11-12,17-18,21,23-24H2,1-5H3;2H,1H3;1H2. The maximum atomic E-state index is 10.4. The van der Waals surface area contributed by atoms with E-state index in [-0.39, 0.29) is 6.04 Å². The molecule has 2 aromatic carbocycles. The van der Waals surface area contributed by atoms with Gasteiger partial charge in [0.05, 0.1) is 62.0 Å². The molecule has 13 nitrogen and oxygen atoms in total. The number of rotatable bonds is 12. The van der Waals surface area contributed by atoms with E-state index in [2.05, 4.69) is 36.3 Å². The topological polar surface area (TPSA) is 153 Å². The van der Waals surface area contributed by atoms with Gasteiger partial charge in [0.1, 0.15) is 12.5 Å². The van der Waals surface area contributed by atoms with Crippen molar-refractivity contribution in [3.8, 4) is 45.7 Å². The molecule has 0 radical (unpaired) electrons. The molecule has 1 saturated heterocycles. The number of nitrogens with one attached hydrogen (secondary N) is 1. The summed E-state index contributed by atoms with van der Waals surface area (Å²) in [4.78, 5) is 20.3. The number of aromatic nitrogens is 4. The van der Waals surface area contributed by atoms with Crippen LogP contribution in [0.2, 0.25) is 5.02 Å². The Bertz CT molecular complexity index is 2060. The van der Waals surface area contributed by atoms with E-state index >= 15 is 0 Å². The molecular formula is C43H55ClN6O7. The second-order valence-electron chi connectivity index (χ2n) is 14.1. The van der Waals surface area contributed by atoms with Crippen LogP contribution in [0.3, 0.4) is 0 Å². The molecule has 3 N–H and O–H groups in total. The third-order valence-electron chi connectivity index (χ3n) is 10.8. The Hall–Kier alpha value is -4.63. The van der Waals surface area contributed by atoms with Crippen LogP contribution in [-0.2, 0) is 22.6 Å². The second-order valence-corrected chi connectivity index (χ2v) is 14.4. The number of pyridine rings is 2. The average Bonchev–Trinajstić information content (AvgIpc) is 3.70. The molecule has 57 heavy (non-hydrogen) atoms. The van der Waals surface area contributed by atoms with Crippen molar-refractivity contribution in [1.29, 1.82) is 0 Å². The fraction of sp³-hybridized carbons (Fsp3) is 0.442. The minimum atomic E-state index is -0.585. The lowest BCUT2D eigenvalue weighted by Crippen LogP contribution is -2.46. The van der Waals surface area contributed by atoms with Gasteiger partial charge in [0.15, 0.2) is 5.82 Å². The molecule has 2 atom stereocenters. The smallest absolute Gasteiger partial charge is 0.223 e. The molecule has 2 fully saturated rings. The van der Waals surface area contributed by atoms with Crippen LogP contribution in [0.25, 0.3) is 39.1 Å². The minimum absolute atomic E-state index is 0.101. The van der Waals surface area contributed by atoms with Gasteiger partial charge in [0, 0.05) is 67.0 Å². The van der Waals surface area contributed by atoms with Crippen LogP contribution in [-0.4, -0.2) is 109 Å². The quantitative estimate of drug-likeness (QED) is 0.125. The normalized spacial score (nSPS) is 17.0. The molecule has 2 unspecified atom stereocenters. The first-order chi connectivity index (χ1) is 27.8. The lowest BCUT2D eigenvalue weighted by molar-refractivity contribution is -0.0980. The predicted octanol–water partition coefficient (Wildman–Crippen LogP) is 6.56. The van der Waals surface area contributed by atoms with Gasteiger partial charge in [-0.3, -0.25) is 4.90 Å². The number of hydrogen-bond donors (Lipinski definition) is 3. The van der Waals surface area contributed by atoms with Crippen molar-refractivity contribution >= 4 is 29.3 Å². The molecule has 7 rings (SSSR count). The largest absolute Gasteiger partial charge is 0.496 e. The van der Waals surface area contributed by atoms with E-state index in [9.17, 15) is 5.11 Å². The van der Waals surface area contributed by atoms with Crippen LogP contribution in [0.5, 0.6) is 17.5 Å². The number of halogens is 1. The van der Waals surface area contributed by atoms with E-state index in [0.717, 1.165) is 63.6 Å². The summed E-state index contributed by atoms with van der Waals surface area (Å²) >= 11 is 7.28. The van der Waals surface area contributed by atoms with E-state index in [0.29, 0.717) is 60.6 Å². The molecule has 1 aliphatic carbocycles. The van der Waals surface area contributed by atoms with Crippen molar-refractivity contribution in [2.45, 2.75) is 76.7 Å². The lowest BCUT2D eigenvalue weighted by atomic mass is 9.94. The molecule has 2 aliphatic rings. The maximum Gasteiger partial charge on any atom is 0.223 e. The highest BCUT2D eigenvalue weighted by atomic mass is 35.5. The van der Waals surface area contributed by atoms with Crippen LogP contribution in [0.1, 0.15) is 55.2 Å². The predicted molar refractivity (Wildman–Crippen MR) is 223 cm³/mol. The number of aliphatic hydroxyl groups is 2. The Kier molecular flexibility index (Phi) is 15.8. The van der Waals surface area contributed by atoms with Crippen molar-refractivity contribution in [3.63, 3.8) is 0 Å². The first-order valence-electron chi connectivity index (χ1n) is 19.2. The fourth-order valence-corrected chi connectivity index (χ4v) is 8.13. The molecule has 1 saturated carbocycles. The van der Waals surface area contributed by atoms with Crippen molar-refractivity contribution in [2.24, 2.45) is 0 Å². The number of benzene rings is 2. The molecule has 306 valence electrons. The number of aryl methyl sites for hydroxylation is 1. The Balaban J connectivity index is 0.00000150. The van der Waals surface area contributed by atoms with Gasteiger partial charge >= 0.3 is 0 Å². The van der Waals surface area contributed by atoms with Gasteiger partial charge in [0.2, 0.25) is 11.8 Å². The zero-order valence-corrected chi connectivity index (χ0v) is 34.5. The number of nitrogens with zero attached hydrogens (tertiary/aromatic N) is 5. The highest BCUT2D eigenvalue weighted by Gasteiger charge is 2.26. The number of carbonyl (C=O) groups excluding carboxylic acids is 1. The number of carbonyl (C=O) groups is 1. The van der Waals surface area contributed by atoms with E-state index < -0.39 is 6.10 Å². The first kappa shape index (κ1) is 43.5. The highest BCUT2D eigenvalue weighted by Crippen LogP contribution is 2.41. The molecule has 3 aromatic heterocycles. The molecule has 0 amide bonds. The lowest BCUT2D eigenvalue weighted by Gasteiger charge is -2.31. The van der Waals surface area contributed by atoms with Crippen LogP contribution in [0.4, 0.5) is 0 Å². The number of hydrogen-bond acceptors (Lipinski definition) is 12. The fourth-order valence-electron chi connectivity index (χ4n) is 7.81. The van der Waals surface area contributed by atoms with Gasteiger partial charge < -0.3 is 39.3 Å². The molecule has 0 bridgehead atoms. The van der Waals surface area contributed by atoms with E-state index in [1.165, 1.54) is 32.1 Å². The maximum absolute atomic E-state index is 10.4. The minimum Gasteiger partial charge on any atom is -0.496 e. The van der Waals surface area contributed by atoms with Crippen molar-refractivity contribution in [1.82, 2.24) is 30.0 Å². The Labute approximate surface area is 339 Å². The van der Waals surface area contributed by atoms with Crippen LogP contribution in [0.15, 0.2) is 54.7 Å². The van der Waals surface area contributed by atoms with E-state index in [1.807, 2.05) is 49.4 Å². The van der Waals surface area contributed by atoms with Gasteiger partial charge in [0.25, 0.3) is 0 Å². The summed E-state index contributed by atoms with van der Waals surface area (Å²) in [5, 5.41) is 27.1. The van der Waals surface area contributed by atoms with Gasteiger partial charge in [-0.2, -0.15) is 10.1 Å². The molecule has 14 heteroatoms. The number of aliphatic hydroxyl groups excluding tert-OH is 2. The SMILES string of the molecule is C=O.CO.COc1cc(-n2ncc3c(-c4cccc(-c5cc(C)c(CN(C)C6CCCCC6)c(OC)n5)c4Cl)cccc32)nc(OC)c1CNC1CCOCC1O. The summed E-state index contributed by atoms with van der Waals surface area (Å²) in [5.41, 5.74) is 7.23. The summed E-state index contributed by atoms with van der Waals surface area (Å²) in [5.74, 6) is 2.19. The molecule has 5 aromatic rings. The molecule has 0 spiro atoms. The third kappa shape index (κ3) is 9.57. The Morgan fingerprint density at radius 3 is 2.32 bits per heavy atom. The van der Waals surface area contributed by atoms with Crippen LogP contribution < -0.4 is 19.5 Å². The molecular weight excluding hydrogens is 748 g/mol. The summed E-state index contributed by atoms with van der Waals surface area (Å²) < 4.78 is 24.6. The van der Waals surface area contributed by atoms with Crippen molar-refractivity contribution < 1.29 is 34.0 Å². The third-order valence-corrected chi connectivity index (χ3v) is 11.2. The molecule has 1 aliphatic heterocycles. The van der Waals surface area contributed by atoms with Crippen molar-refractivity contribution in [2.75, 3.05) is 48.7 Å². The van der Waals surface area contributed by atoms with E-state index in [1.54, 1.807) is 26.0 Å². The summed E-state index contributed by atoms with van der Waals surface area (Å²) in [6.07, 6.45) is 8.35. The zero-order chi connectivity index (χ0) is 41.1. The summed E-state index contributed by atoms with van der Waals surface area (Å²) in [6, 6.07) is 16.6. The Morgan fingerprint density at radius 1 is 0.930 bits per heavy atom. The highest BCUT2D eigenvalue weighted by molar-refractivity contribution is 6.36. The number of ether oxygens (including phenoxy) is 4. The van der Waals surface area contributed by atoms with E-state index in [4.69, 9.17) is 55.5 Å². The first-order valence-corrected chi connectivity index (χ1v) is 19.5. The van der Waals surface area contributed by atoms with Gasteiger partial charge in [-0.1, -0.05) is 61.2 Å². The van der Waals surface area contributed by atoms with Crippen LogP contribution >= 0.6 is 11.6 Å². The second kappa shape index (κ2) is 20.7. The Morgan fingerprint density at radius 2 is 1.61 bits per heavy atom. The zero-order valence-electron chi connectivity index (χ0n) is 33.8. The van der Waals surface area contributed by atoms with Gasteiger partial charge in [-0.25, -0.2) is 9.67 Å². The van der Waals surface area contributed by atoms with Gasteiger partial charge in [-0.15, -0.1) is 0 Å². The van der Waals surface area contributed by atoms with Gasteiger partial charge in [-0.05, 0) is 56.5 Å². The van der Waals surface area contributed by atoms with Crippen molar-refractivity contribution in [3.05, 3.63) is 76.4 Å². The monoisotopic (exact) mass is 802 g/mol. The average molecular weight is 803 g/mol. The summed E-state index contributed by atoms with van der Waals surface area (Å²) in [6.45, 7) is 6.23. The number of fused-ring (bicyclic) bond motifs is 1. The van der Waals surface area contributed by atoms with Crippen LogP contribution in [0, 0.1) is 6.92 Å². The number of methoxy groups -OCH3 is 3.